The average molecular weight is 266 g/mol. The van der Waals surface area contributed by atoms with E-state index >= 15 is 0 Å². The lowest BCUT2D eigenvalue weighted by molar-refractivity contribution is 0.312. The Hall–Kier alpha value is -2.42. The molecule has 3 nitrogen and oxygen atoms in total. The van der Waals surface area contributed by atoms with Gasteiger partial charge in [-0.1, -0.05) is 24.3 Å². The summed E-state index contributed by atoms with van der Waals surface area (Å²) >= 11 is 0. The van der Waals surface area contributed by atoms with E-state index in [1.165, 1.54) is 0 Å². The summed E-state index contributed by atoms with van der Waals surface area (Å²) < 4.78 is 5.61. The number of unbranched alkanes of at least 4 members (excludes halogenated alkanes) is 1. The van der Waals surface area contributed by atoms with Gasteiger partial charge in [-0.25, -0.2) is 0 Å². The summed E-state index contributed by atoms with van der Waals surface area (Å²) in [5.41, 5.74) is 1.66. The monoisotopic (exact) mass is 266 g/mol. The number of allylic oxidation sites excluding steroid dienone is 1. The van der Waals surface area contributed by atoms with Gasteiger partial charge in [0, 0.05) is 0 Å². The zero-order valence-electron chi connectivity index (χ0n) is 11.4. The maximum Gasteiger partial charge on any atom is 0.119 e. The zero-order valence-corrected chi connectivity index (χ0v) is 11.4. The van der Waals surface area contributed by atoms with Gasteiger partial charge in [-0.2, -0.15) is 10.2 Å². The Kier molecular flexibility index (Phi) is 5.53. The first kappa shape index (κ1) is 14.0. The summed E-state index contributed by atoms with van der Waals surface area (Å²) in [4.78, 5) is 0. The normalized spacial score (nSPS) is 10.6. The van der Waals surface area contributed by atoms with Crippen LogP contribution in [-0.2, 0) is 0 Å². The fourth-order valence-electron chi connectivity index (χ4n) is 1.64. The molecule has 0 radical (unpaired) electrons. The second-order valence-electron chi connectivity index (χ2n) is 4.31. The smallest absolute Gasteiger partial charge is 0.119 e. The van der Waals surface area contributed by atoms with Crippen LogP contribution in [0.2, 0.25) is 0 Å². The second-order valence-corrected chi connectivity index (χ2v) is 4.31. The molecule has 102 valence electrons. The van der Waals surface area contributed by atoms with Gasteiger partial charge >= 0.3 is 0 Å². The van der Waals surface area contributed by atoms with Crippen LogP contribution in [0.3, 0.4) is 0 Å². The molecule has 0 bridgehead atoms. The minimum atomic E-state index is 0.705. The first-order valence-electron chi connectivity index (χ1n) is 6.69. The predicted octanol–water partition coefficient (Wildman–Crippen LogP) is 5.45. The molecule has 0 aliphatic rings. The molecule has 0 saturated heterocycles. The highest BCUT2D eigenvalue weighted by Crippen LogP contribution is 2.21. The molecule has 0 aliphatic heterocycles. The lowest BCUT2D eigenvalue weighted by atomic mass is 10.3. The number of azo groups is 1. The standard InChI is InChI=1S/C17H18N2O/c1-2-3-7-14-20-17-12-10-16(11-13-17)19-18-15-8-5-4-6-9-15/h2,4-6,8-13H,1,3,7,14H2. The van der Waals surface area contributed by atoms with E-state index in [9.17, 15) is 0 Å². The molecule has 0 fully saturated rings. The van der Waals surface area contributed by atoms with Crippen molar-refractivity contribution >= 4 is 11.4 Å². The van der Waals surface area contributed by atoms with Crippen molar-refractivity contribution in [2.75, 3.05) is 6.61 Å². The minimum Gasteiger partial charge on any atom is -0.494 e. The average Bonchev–Trinajstić information content (AvgIpc) is 2.52. The van der Waals surface area contributed by atoms with E-state index in [1.807, 2.05) is 60.7 Å². The Morgan fingerprint density at radius 3 is 2.20 bits per heavy atom. The maximum absolute atomic E-state index is 5.61. The molecule has 2 rings (SSSR count). The predicted molar refractivity (Wildman–Crippen MR) is 82.0 cm³/mol. The minimum absolute atomic E-state index is 0.705. The van der Waals surface area contributed by atoms with Crippen molar-refractivity contribution in [2.24, 2.45) is 10.2 Å². The third-order valence-corrected chi connectivity index (χ3v) is 2.70. The maximum atomic E-state index is 5.61. The number of hydrogen-bond donors (Lipinski definition) is 0. The van der Waals surface area contributed by atoms with Crippen molar-refractivity contribution in [2.45, 2.75) is 12.8 Å². The SMILES string of the molecule is C=CCCCOc1ccc(N=Nc2ccccc2)cc1. The molecule has 0 spiro atoms. The van der Waals surface area contributed by atoms with E-state index < -0.39 is 0 Å². The highest BCUT2D eigenvalue weighted by atomic mass is 16.5. The fourth-order valence-corrected chi connectivity index (χ4v) is 1.64. The molecule has 0 N–H and O–H groups in total. The van der Waals surface area contributed by atoms with Gasteiger partial charge in [0.1, 0.15) is 5.75 Å². The van der Waals surface area contributed by atoms with Crippen LogP contribution < -0.4 is 4.74 Å². The Bertz CT molecular complexity index is 547. The molecule has 0 unspecified atom stereocenters. The van der Waals surface area contributed by atoms with E-state index in [0.717, 1.165) is 30.0 Å². The summed E-state index contributed by atoms with van der Waals surface area (Å²) in [6, 6.07) is 17.3. The Balaban J connectivity index is 1.88. The summed E-state index contributed by atoms with van der Waals surface area (Å²) in [6.45, 7) is 4.39. The van der Waals surface area contributed by atoms with Gasteiger partial charge in [0.05, 0.1) is 18.0 Å². The number of hydrogen-bond acceptors (Lipinski definition) is 3. The van der Waals surface area contributed by atoms with Crippen LogP contribution in [0.25, 0.3) is 0 Å². The van der Waals surface area contributed by atoms with Crippen LogP contribution in [0.15, 0.2) is 77.5 Å². The molecule has 0 aromatic heterocycles. The van der Waals surface area contributed by atoms with E-state index in [2.05, 4.69) is 16.8 Å². The van der Waals surface area contributed by atoms with Gasteiger partial charge < -0.3 is 4.74 Å². The van der Waals surface area contributed by atoms with Crippen molar-refractivity contribution in [1.29, 1.82) is 0 Å². The molecule has 0 atom stereocenters. The van der Waals surface area contributed by atoms with Gasteiger partial charge in [-0.3, -0.25) is 0 Å². The molecule has 2 aromatic carbocycles. The van der Waals surface area contributed by atoms with E-state index in [4.69, 9.17) is 4.74 Å². The van der Waals surface area contributed by atoms with Gasteiger partial charge in [-0.15, -0.1) is 6.58 Å². The second kappa shape index (κ2) is 7.89. The molecule has 0 amide bonds. The lowest BCUT2D eigenvalue weighted by Gasteiger charge is -2.04. The molecule has 3 heteroatoms. The summed E-state index contributed by atoms with van der Waals surface area (Å²) in [6.07, 6.45) is 3.86. The number of rotatable bonds is 7. The van der Waals surface area contributed by atoms with Crippen LogP contribution in [0.1, 0.15) is 12.8 Å². The molecular formula is C17H18N2O. The Morgan fingerprint density at radius 1 is 0.900 bits per heavy atom. The van der Waals surface area contributed by atoms with Crippen molar-refractivity contribution in [1.82, 2.24) is 0 Å². The first-order valence-corrected chi connectivity index (χ1v) is 6.69. The van der Waals surface area contributed by atoms with Crippen LogP contribution in [0.4, 0.5) is 11.4 Å². The number of ether oxygens (including phenoxy) is 1. The molecule has 0 saturated carbocycles. The fraction of sp³-hybridized carbons (Fsp3) is 0.176. The van der Waals surface area contributed by atoms with Gasteiger partial charge in [0.25, 0.3) is 0 Å². The quantitative estimate of drug-likeness (QED) is 0.373. The van der Waals surface area contributed by atoms with E-state index in [0.29, 0.717) is 6.61 Å². The zero-order chi connectivity index (χ0) is 14.0. The lowest BCUT2D eigenvalue weighted by Crippen LogP contribution is -1.95. The largest absolute Gasteiger partial charge is 0.494 e. The third kappa shape index (κ3) is 4.69. The van der Waals surface area contributed by atoms with E-state index in [-0.39, 0.29) is 0 Å². The van der Waals surface area contributed by atoms with Crippen molar-refractivity contribution < 1.29 is 4.74 Å². The Morgan fingerprint density at radius 2 is 1.55 bits per heavy atom. The van der Waals surface area contributed by atoms with Crippen LogP contribution in [0.5, 0.6) is 5.75 Å². The van der Waals surface area contributed by atoms with Gasteiger partial charge in [0.2, 0.25) is 0 Å². The van der Waals surface area contributed by atoms with E-state index in [1.54, 1.807) is 0 Å². The molecule has 2 aromatic rings. The van der Waals surface area contributed by atoms with Crippen LogP contribution >= 0.6 is 0 Å². The van der Waals surface area contributed by atoms with Crippen molar-refractivity contribution in [3.8, 4) is 5.75 Å². The first-order chi connectivity index (χ1) is 9.88. The van der Waals surface area contributed by atoms with Crippen LogP contribution in [0, 0.1) is 0 Å². The topological polar surface area (TPSA) is 34.0 Å². The molecule has 0 aliphatic carbocycles. The van der Waals surface area contributed by atoms with Crippen LogP contribution in [-0.4, -0.2) is 6.61 Å². The highest BCUT2D eigenvalue weighted by molar-refractivity contribution is 5.42. The highest BCUT2D eigenvalue weighted by Gasteiger charge is 1.94. The van der Waals surface area contributed by atoms with Gasteiger partial charge in [0.15, 0.2) is 0 Å². The molecule has 20 heavy (non-hydrogen) atoms. The van der Waals surface area contributed by atoms with Crippen molar-refractivity contribution in [3.05, 3.63) is 67.3 Å². The summed E-state index contributed by atoms with van der Waals surface area (Å²) in [5, 5.41) is 8.35. The summed E-state index contributed by atoms with van der Waals surface area (Å²) in [7, 11) is 0. The summed E-state index contributed by atoms with van der Waals surface area (Å²) in [5.74, 6) is 0.854. The molecule has 0 heterocycles. The Labute approximate surface area is 119 Å². The molecular weight excluding hydrogens is 248 g/mol. The number of benzene rings is 2. The number of nitrogens with zero attached hydrogens (tertiary/aromatic N) is 2. The van der Waals surface area contributed by atoms with Gasteiger partial charge in [-0.05, 0) is 49.2 Å². The van der Waals surface area contributed by atoms with Crippen molar-refractivity contribution in [3.63, 3.8) is 0 Å². The third-order valence-electron chi connectivity index (χ3n) is 2.70.